The van der Waals surface area contributed by atoms with Crippen LogP contribution in [-0.2, 0) is 19.6 Å². The number of hydrogen-bond acceptors (Lipinski definition) is 4. The fraction of sp³-hybridized carbons (Fsp3) is 0.350. The van der Waals surface area contributed by atoms with Gasteiger partial charge in [-0.05, 0) is 42.9 Å². The molecule has 0 saturated heterocycles. The predicted molar refractivity (Wildman–Crippen MR) is 121 cm³/mol. The second kappa shape index (κ2) is 11.7. The number of nitrogens with two attached hydrogens (primary N) is 1. The number of aliphatic imine (C=N–C) groups is 1. The van der Waals surface area contributed by atoms with Crippen molar-refractivity contribution in [2.45, 2.75) is 19.6 Å². The quantitative estimate of drug-likeness (QED) is 0.343. The van der Waals surface area contributed by atoms with E-state index in [1.54, 1.807) is 14.2 Å². The van der Waals surface area contributed by atoms with Crippen LogP contribution in [0.2, 0.25) is 0 Å². The average molecular weight is 484 g/mol. The third kappa shape index (κ3) is 7.64. The van der Waals surface area contributed by atoms with Gasteiger partial charge in [0, 0.05) is 13.1 Å². The maximum atomic E-state index is 5.99. The molecule has 2 rings (SSSR count). The zero-order valence-electron chi connectivity index (χ0n) is 16.4. The summed E-state index contributed by atoms with van der Waals surface area (Å²) in [4.78, 5) is 6.56. The molecule has 0 aliphatic rings. The third-order valence-corrected chi connectivity index (χ3v) is 3.84. The molecule has 3 N–H and O–H groups in total. The first-order valence-corrected chi connectivity index (χ1v) is 8.49. The molecule has 0 saturated carbocycles. The average Bonchev–Trinajstić information content (AvgIpc) is 2.64. The molecule has 0 unspecified atom stereocenters. The van der Waals surface area contributed by atoms with Gasteiger partial charge in [0.25, 0.3) is 0 Å². The number of hydrogen-bond donors (Lipinski definition) is 2. The van der Waals surface area contributed by atoms with Crippen LogP contribution in [0.5, 0.6) is 11.5 Å². The lowest BCUT2D eigenvalue weighted by molar-refractivity contribution is 0.354. The lowest BCUT2D eigenvalue weighted by atomic mass is 10.1. The van der Waals surface area contributed by atoms with E-state index in [4.69, 9.17) is 15.2 Å². The Morgan fingerprint density at radius 3 is 2.37 bits per heavy atom. The largest absolute Gasteiger partial charge is 0.493 e. The SMILES string of the molecule is COc1ccc(CNC(N)=NCc2cccc(CN(C)C)c2)cc1OC.I. The molecule has 0 aromatic heterocycles. The summed E-state index contributed by atoms with van der Waals surface area (Å²) in [5.74, 6) is 1.81. The molecule has 0 aliphatic carbocycles. The predicted octanol–water partition coefficient (Wildman–Crippen LogP) is 2.99. The molecule has 2 aromatic carbocycles. The minimum atomic E-state index is 0. The first-order chi connectivity index (χ1) is 12.5. The number of nitrogens with one attached hydrogen (secondary N) is 1. The van der Waals surface area contributed by atoms with Gasteiger partial charge < -0.3 is 25.4 Å². The molecular formula is C20H29IN4O2. The van der Waals surface area contributed by atoms with Crippen LogP contribution in [0.3, 0.4) is 0 Å². The molecule has 0 heterocycles. The van der Waals surface area contributed by atoms with Crippen LogP contribution in [0.1, 0.15) is 16.7 Å². The van der Waals surface area contributed by atoms with E-state index in [0.29, 0.717) is 30.5 Å². The topological polar surface area (TPSA) is 72.1 Å². The summed E-state index contributed by atoms with van der Waals surface area (Å²) in [6.07, 6.45) is 0. The first-order valence-electron chi connectivity index (χ1n) is 8.49. The number of rotatable bonds is 8. The highest BCUT2D eigenvalue weighted by atomic mass is 127. The highest BCUT2D eigenvalue weighted by molar-refractivity contribution is 14.0. The van der Waals surface area contributed by atoms with Crippen LogP contribution < -0.4 is 20.5 Å². The highest BCUT2D eigenvalue weighted by Gasteiger charge is 2.04. The van der Waals surface area contributed by atoms with E-state index in [9.17, 15) is 0 Å². The second-order valence-electron chi connectivity index (χ2n) is 6.30. The molecule has 148 valence electrons. The van der Waals surface area contributed by atoms with Crippen molar-refractivity contribution in [2.24, 2.45) is 10.7 Å². The van der Waals surface area contributed by atoms with Crippen molar-refractivity contribution in [3.05, 3.63) is 59.2 Å². The van der Waals surface area contributed by atoms with Gasteiger partial charge in [-0.2, -0.15) is 0 Å². The van der Waals surface area contributed by atoms with Gasteiger partial charge in [-0.25, -0.2) is 4.99 Å². The number of guanidine groups is 1. The highest BCUT2D eigenvalue weighted by Crippen LogP contribution is 2.27. The van der Waals surface area contributed by atoms with Crippen molar-refractivity contribution in [2.75, 3.05) is 28.3 Å². The minimum absolute atomic E-state index is 0. The standard InChI is InChI=1S/C20H28N4O2.HI/c1-24(2)14-17-7-5-6-15(10-17)12-22-20(21)23-13-16-8-9-18(25-3)19(11-16)26-4;/h5-11H,12-14H2,1-4H3,(H3,21,22,23);1H. The van der Waals surface area contributed by atoms with Gasteiger partial charge >= 0.3 is 0 Å². The fourth-order valence-corrected chi connectivity index (χ4v) is 2.61. The van der Waals surface area contributed by atoms with E-state index >= 15 is 0 Å². The van der Waals surface area contributed by atoms with Crippen molar-refractivity contribution in [3.8, 4) is 11.5 Å². The summed E-state index contributed by atoms with van der Waals surface area (Å²) >= 11 is 0. The van der Waals surface area contributed by atoms with Crippen LogP contribution in [0.25, 0.3) is 0 Å². The first kappa shape index (κ1) is 23.0. The van der Waals surface area contributed by atoms with E-state index in [1.807, 2.05) is 18.2 Å². The number of nitrogens with zero attached hydrogens (tertiary/aromatic N) is 2. The molecule has 0 spiro atoms. The van der Waals surface area contributed by atoms with E-state index in [2.05, 4.69) is 53.6 Å². The Morgan fingerprint density at radius 1 is 1.00 bits per heavy atom. The van der Waals surface area contributed by atoms with E-state index in [-0.39, 0.29) is 24.0 Å². The summed E-state index contributed by atoms with van der Waals surface area (Å²) < 4.78 is 10.6. The zero-order chi connectivity index (χ0) is 18.9. The van der Waals surface area contributed by atoms with Gasteiger partial charge in [0.1, 0.15) is 0 Å². The Kier molecular flexibility index (Phi) is 9.95. The van der Waals surface area contributed by atoms with E-state index in [0.717, 1.165) is 17.7 Å². The molecule has 0 aliphatic heterocycles. The van der Waals surface area contributed by atoms with Crippen LogP contribution in [-0.4, -0.2) is 39.2 Å². The second-order valence-corrected chi connectivity index (χ2v) is 6.30. The van der Waals surface area contributed by atoms with Crippen molar-refractivity contribution in [1.82, 2.24) is 10.2 Å². The van der Waals surface area contributed by atoms with Crippen LogP contribution in [0.15, 0.2) is 47.5 Å². The molecule has 0 fully saturated rings. The molecule has 0 radical (unpaired) electrons. The maximum Gasteiger partial charge on any atom is 0.189 e. The monoisotopic (exact) mass is 484 g/mol. The summed E-state index contributed by atoms with van der Waals surface area (Å²) in [5.41, 5.74) is 9.43. The number of methoxy groups -OCH3 is 2. The maximum absolute atomic E-state index is 5.99. The van der Waals surface area contributed by atoms with Crippen LogP contribution in [0.4, 0.5) is 0 Å². The fourth-order valence-electron chi connectivity index (χ4n) is 2.61. The van der Waals surface area contributed by atoms with Crippen LogP contribution >= 0.6 is 24.0 Å². The lowest BCUT2D eigenvalue weighted by Gasteiger charge is -2.11. The Hall–Kier alpha value is -2.00. The molecule has 0 bridgehead atoms. The Balaban J connectivity index is 0.00000364. The van der Waals surface area contributed by atoms with Crippen molar-refractivity contribution in [1.29, 1.82) is 0 Å². The van der Waals surface area contributed by atoms with E-state index in [1.165, 1.54) is 5.56 Å². The van der Waals surface area contributed by atoms with Gasteiger partial charge in [0.05, 0.1) is 20.8 Å². The normalized spacial score (nSPS) is 11.1. The lowest BCUT2D eigenvalue weighted by Crippen LogP contribution is -2.31. The smallest absolute Gasteiger partial charge is 0.189 e. The van der Waals surface area contributed by atoms with Crippen molar-refractivity contribution in [3.63, 3.8) is 0 Å². The van der Waals surface area contributed by atoms with Crippen LogP contribution in [0, 0.1) is 0 Å². The third-order valence-electron chi connectivity index (χ3n) is 3.84. The molecule has 7 heteroatoms. The molecule has 0 amide bonds. The number of benzene rings is 2. The molecule has 27 heavy (non-hydrogen) atoms. The minimum Gasteiger partial charge on any atom is -0.493 e. The van der Waals surface area contributed by atoms with Gasteiger partial charge in [-0.15, -0.1) is 24.0 Å². The molecule has 6 nitrogen and oxygen atoms in total. The van der Waals surface area contributed by atoms with Gasteiger partial charge in [0.2, 0.25) is 0 Å². The summed E-state index contributed by atoms with van der Waals surface area (Å²) in [6.45, 7) is 2.02. The Labute approximate surface area is 178 Å². The molecule has 0 atom stereocenters. The summed E-state index contributed by atoms with van der Waals surface area (Å²) in [6, 6.07) is 14.1. The van der Waals surface area contributed by atoms with Gasteiger partial charge in [0.15, 0.2) is 17.5 Å². The molecule has 2 aromatic rings. The Morgan fingerprint density at radius 2 is 1.70 bits per heavy atom. The van der Waals surface area contributed by atoms with Gasteiger partial charge in [-0.1, -0.05) is 30.3 Å². The molecular weight excluding hydrogens is 455 g/mol. The Bertz CT molecular complexity index is 751. The summed E-state index contributed by atoms with van der Waals surface area (Å²) in [7, 11) is 7.35. The van der Waals surface area contributed by atoms with E-state index < -0.39 is 0 Å². The zero-order valence-corrected chi connectivity index (χ0v) is 18.7. The number of ether oxygens (including phenoxy) is 2. The van der Waals surface area contributed by atoms with Gasteiger partial charge in [-0.3, -0.25) is 0 Å². The summed E-state index contributed by atoms with van der Waals surface area (Å²) in [5, 5.41) is 3.13. The van der Waals surface area contributed by atoms with Crippen molar-refractivity contribution >= 4 is 29.9 Å². The number of halogens is 1. The van der Waals surface area contributed by atoms with Crippen molar-refractivity contribution < 1.29 is 9.47 Å².